The largest absolute Gasteiger partial charge is 0.352 e. The summed E-state index contributed by atoms with van der Waals surface area (Å²) in [4.78, 5) is 22.0. The molecule has 0 atom stereocenters. The van der Waals surface area contributed by atoms with Crippen LogP contribution >= 0.6 is 0 Å². The van der Waals surface area contributed by atoms with Gasteiger partial charge in [0, 0.05) is 6.54 Å². The van der Waals surface area contributed by atoms with Crippen molar-refractivity contribution in [2.75, 3.05) is 0 Å². The maximum atomic E-state index is 11.3. The van der Waals surface area contributed by atoms with Crippen LogP contribution in [0.3, 0.4) is 0 Å². The van der Waals surface area contributed by atoms with Crippen molar-refractivity contribution in [1.29, 1.82) is 0 Å². The molecule has 1 N–H and O–H groups in total. The van der Waals surface area contributed by atoms with Crippen molar-refractivity contribution >= 4 is 11.7 Å². The predicted molar refractivity (Wildman–Crippen MR) is 63.1 cm³/mol. The van der Waals surface area contributed by atoms with Gasteiger partial charge < -0.3 is 5.32 Å². The van der Waals surface area contributed by atoms with Gasteiger partial charge in [-0.3, -0.25) is 9.59 Å². The molecule has 0 bridgehead atoms. The molecule has 0 saturated heterocycles. The van der Waals surface area contributed by atoms with E-state index in [2.05, 4.69) is 5.32 Å². The van der Waals surface area contributed by atoms with Crippen LogP contribution in [0.5, 0.6) is 0 Å². The number of aryl methyl sites for hydroxylation is 2. The summed E-state index contributed by atoms with van der Waals surface area (Å²) in [6.45, 7) is 5.92. The average molecular weight is 219 g/mol. The minimum Gasteiger partial charge on any atom is -0.352 e. The minimum atomic E-state index is -0.214. The van der Waals surface area contributed by atoms with E-state index in [1.165, 1.54) is 12.5 Å². The van der Waals surface area contributed by atoms with Crippen LogP contribution in [0.15, 0.2) is 18.2 Å². The lowest BCUT2D eigenvalue weighted by atomic mass is 10.1. The van der Waals surface area contributed by atoms with Crippen LogP contribution < -0.4 is 5.32 Å². The van der Waals surface area contributed by atoms with Gasteiger partial charge in [-0.1, -0.05) is 23.8 Å². The van der Waals surface area contributed by atoms with Crippen LogP contribution in [-0.4, -0.2) is 11.7 Å². The highest BCUT2D eigenvalue weighted by Gasteiger charge is 2.05. The Balaban J connectivity index is 2.57. The Bertz CT molecular complexity index is 410. The Morgan fingerprint density at radius 3 is 2.56 bits per heavy atom. The Morgan fingerprint density at radius 1 is 1.25 bits per heavy atom. The zero-order chi connectivity index (χ0) is 12.1. The number of amides is 1. The molecule has 0 aliphatic carbocycles. The second-order valence-electron chi connectivity index (χ2n) is 4.09. The van der Waals surface area contributed by atoms with Gasteiger partial charge in [0.05, 0.1) is 6.42 Å². The molecule has 0 fully saturated rings. The number of Topliss-reactive ketones (excluding diaryl/α,β-unsaturated/α-hetero) is 1. The molecule has 0 unspecified atom stereocenters. The topological polar surface area (TPSA) is 46.2 Å². The molecule has 0 saturated carbocycles. The lowest BCUT2D eigenvalue weighted by molar-refractivity contribution is -0.127. The second-order valence-corrected chi connectivity index (χ2v) is 4.09. The average Bonchev–Trinajstić information content (AvgIpc) is 2.18. The quantitative estimate of drug-likeness (QED) is 0.786. The van der Waals surface area contributed by atoms with Gasteiger partial charge in [-0.25, -0.2) is 0 Å². The lowest BCUT2D eigenvalue weighted by Gasteiger charge is -2.08. The highest BCUT2D eigenvalue weighted by atomic mass is 16.2. The standard InChI is InChI=1S/C13H17NO2/c1-9-4-5-10(2)12(6-9)8-14-13(16)7-11(3)15/h4-6H,7-8H2,1-3H3,(H,14,16). The molecular formula is C13H17NO2. The van der Waals surface area contributed by atoms with Crippen molar-refractivity contribution < 1.29 is 9.59 Å². The molecular weight excluding hydrogens is 202 g/mol. The third-order valence-corrected chi connectivity index (χ3v) is 2.39. The molecule has 1 rings (SSSR count). The van der Waals surface area contributed by atoms with Crippen molar-refractivity contribution in [2.45, 2.75) is 33.7 Å². The SMILES string of the molecule is CC(=O)CC(=O)NCc1cc(C)ccc1C. The van der Waals surface area contributed by atoms with Crippen molar-refractivity contribution in [3.05, 3.63) is 34.9 Å². The van der Waals surface area contributed by atoms with Crippen LogP contribution in [0.25, 0.3) is 0 Å². The third kappa shape index (κ3) is 3.85. The van der Waals surface area contributed by atoms with E-state index in [1.54, 1.807) is 0 Å². The van der Waals surface area contributed by atoms with Gasteiger partial charge in [-0.2, -0.15) is 0 Å². The first kappa shape index (κ1) is 12.4. The van der Waals surface area contributed by atoms with E-state index in [0.717, 1.165) is 11.1 Å². The van der Waals surface area contributed by atoms with Crippen LogP contribution in [0.1, 0.15) is 30.0 Å². The number of hydrogen-bond acceptors (Lipinski definition) is 2. The maximum Gasteiger partial charge on any atom is 0.227 e. The van der Waals surface area contributed by atoms with Gasteiger partial charge in [-0.05, 0) is 31.9 Å². The summed E-state index contributed by atoms with van der Waals surface area (Å²) in [5, 5.41) is 2.74. The first-order valence-electron chi connectivity index (χ1n) is 5.31. The van der Waals surface area contributed by atoms with Crippen LogP contribution in [0.2, 0.25) is 0 Å². The van der Waals surface area contributed by atoms with Gasteiger partial charge in [0.2, 0.25) is 5.91 Å². The summed E-state index contributed by atoms with van der Waals surface area (Å²) in [6.07, 6.45) is -0.0368. The molecule has 1 amide bonds. The molecule has 0 aromatic heterocycles. The minimum absolute atomic E-state index is 0.0368. The van der Waals surface area contributed by atoms with E-state index in [1.807, 2.05) is 32.0 Å². The highest BCUT2D eigenvalue weighted by Crippen LogP contribution is 2.10. The summed E-state index contributed by atoms with van der Waals surface area (Å²) in [5.41, 5.74) is 3.41. The molecule has 0 aliphatic heterocycles. The highest BCUT2D eigenvalue weighted by molar-refractivity contribution is 5.96. The molecule has 3 heteroatoms. The Labute approximate surface area is 95.9 Å². The summed E-state index contributed by atoms with van der Waals surface area (Å²) < 4.78 is 0. The van der Waals surface area contributed by atoms with Crippen molar-refractivity contribution in [3.63, 3.8) is 0 Å². The third-order valence-electron chi connectivity index (χ3n) is 2.39. The van der Waals surface area contributed by atoms with Crippen molar-refractivity contribution in [3.8, 4) is 0 Å². The first-order chi connectivity index (χ1) is 7.49. The normalized spacial score (nSPS) is 9.94. The molecule has 0 radical (unpaired) electrons. The fourth-order valence-corrected chi connectivity index (χ4v) is 1.47. The van der Waals surface area contributed by atoms with E-state index in [9.17, 15) is 9.59 Å². The predicted octanol–water partition coefficient (Wildman–Crippen LogP) is 1.90. The lowest BCUT2D eigenvalue weighted by Crippen LogP contribution is -2.24. The van der Waals surface area contributed by atoms with E-state index in [0.29, 0.717) is 6.54 Å². The molecule has 3 nitrogen and oxygen atoms in total. The molecule has 1 aromatic rings. The van der Waals surface area contributed by atoms with E-state index < -0.39 is 0 Å². The van der Waals surface area contributed by atoms with Crippen LogP contribution in [0.4, 0.5) is 0 Å². The second kappa shape index (κ2) is 5.45. The Kier molecular flexibility index (Phi) is 4.23. The van der Waals surface area contributed by atoms with E-state index >= 15 is 0 Å². The number of hydrogen-bond donors (Lipinski definition) is 1. The fourth-order valence-electron chi connectivity index (χ4n) is 1.47. The van der Waals surface area contributed by atoms with Crippen LogP contribution in [-0.2, 0) is 16.1 Å². The van der Waals surface area contributed by atoms with Gasteiger partial charge in [-0.15, -0.1) is 0 Å². The zero-order valence-electron chi connectivity index (χ0n) is 9.96. The number of carbonyl (C=O) groups is 2. The smallest absolute Gasteiger partial charge is 0.227 e. The first-order valence-corrected chi connectivity index (χ1v) is 5.31. The number of nitrogens with one attached hydrogen (secondary N) is 1. The maximum absolute atomic E-state index is 11.3. The Hall–Kier alpha value is -1.64. The van der Waals surface area contributed by atoms with E-state index in [4.69, 9.17) is 0 Å². The van der Waals surface area contributed by atoms with Crippen LogP contribution in [0, 0.1) is 13.8 Å². The Morgan fingerprint density at radius 2 is 1.94 bits per heavy atom. The molecule has 0 spiro atoms. The summed E-state index contributed by atoms with van der Waals surface area (Å²) in [7, 11) is 0. The van der Waals surface area contributed by atoms with Gasteiger partial charge >= 0.3 is 0 Å². The fraction of sp³-hybridized carbons (Fsp3) is 0.385. The van der Waals surface area contributed by atoms with Gasteiger partial charge in [0.25, 0.3) is 0 Å². The molecule has 86 valence electrons. The number of ketones is 1. The van der Waals surface area contributed by atoms with Crippen molar-refractivity contribution in [2.24, 2.45) is 0 Å². The number of benzene rings is 1. The molecule has 0 heterocycles. The van der Waals surface area contributed by atoms with E-state index in [-0.39, 0.29) is 18.1 Å². The zero-order valence-corrected chi connectivity index (χ0v) is 9.96. The summed E-state index contributed by atoms with van der Waals surface area (Å²) in [5.74, 6) is -0.327. The molecule has 0 aliphatic rings. The van der Waals surface area contributed by atoms with Crippen molar-refractivity contribution in [1.82, 2.24) is 5.32 Å². The monoisotopic (exact) mass is 219 g/mol. The number of carbonyl (C=O) groups excluding carboxylic acids is 2. The summed E-state index contributed by atoms with van der Waals surface area (Å²) >= 11 is 0. The summed E-state index contributed by atoms with van der Waals surface area (Å²) in [6, 6.07) is 6.11. The van der Waals surface area contributed by atoms with Gasteiger partial charge in [0.15, 0.2) is 0 Å². The molecule has 16 heavy (non-hydrogen) atoms. The molecule has 1 aromatic carbocycles. The number of rotatable bonds is 4. The van der Waals surface area contributed by atoms with Gasteiger partial charge in [0.1, 0.15) is 5.78 Å².